The number of amides is 1. The molecule has 0 bridgehead atoms. The van der Waals surface area contributed by atoms with E-state index in [0.717, 1.165) is 0 Å². The van der Waals surface area contributed by atoms with Crippen LogP contribution in [0, 0.1) is 0 Å². The molecule has 0 N–H and O–H groups in total. The van der Waals surface area contributed by atoms with Crippen LogP contribution in [-0.2, 0) is 4.79 Å². The van der Waals surface area contributed by atoms with Gasteiger partial charge in [-0.2, -0.15) is 4.98 Å². The Morgan fingerprint density at radius 2 is 1.89 bits per heavy atom. The van der Waals surface area contributed by atoms with Crippen molar-refractivity contribution >= 4 is 23.3 Å². The Kier molecular flexibility index (Phi) is 5.16. The fourth-order valence-electron chi connectivity index (χ4n) is 3.00. The van der Waals surface area contributed by atoms with Crippen LogP contribution in [0.15, 0.2) is 53.2 Å². The van der Waals surface area contributed by atoms with E-state index in [1.165, 1.54) is 0 Å². The van der Waals surface area contributed by atoms with Crippen molar-refractivity contribution in [2.24, 2.45) is 0 Å². The molecule has 28 heavy (non-hydrogen) atoms. The molecule has 0 saturated carbocycles. The van der Waals surface area contributed by atoms with Gasteiger partial charge in [0.05, 0.1) is 5.92 Å². The van der Waals surface area contributed by atoms with Crippen molar-refractivity contribution in [2.75, 3.05) is 13.1 Å². The molecule has 1 aliphatic heterocycles. The average molecular weight is 397 g/mol. The molecule has 3 heterocycles. The second-order valence-electron chi connectivity index (χ2n) is 6.60. The number of halogens is 1. The van der Waals surface area contributed by atoms with Gasteiger partial charge in [-0.15, -0.1) is 0 Å². The third-order valence-electron chi connectivity index (χ3n) is 4.65. The van der Waals surface area contributed by atoms with Crippen LogP contribution in [0.3, 0.4) is 0 Å². The largest absolute Gasteiger partial charge is 0.341 e. The third-order valence-corrected chi connectivity index (χ3v) is 4.90. The summed E-state index contributed by atoms with van der Waals surface area (Å²) in [6, 6.07) is 12.2. The fraction of sp³-hybridized carbons (Fsp3) is 0.250. The molecule has 1 aromatic carbocycles. The number of nitrogens with zero attached hydrogens (tertiary/aromatic N) is 4. The van der Waals surface area contributed by atoms with Crippen LogP contribution in [0.5, 0.6) is 0 Å². The predicted molar refractivity (Wildman–Crippen MR) is 102 cm³/mol. The number of carbonyl (C=O) groups is 2. The molecule has 0 spiro atoms. The first-order valence-electron chi connectivity index (χ1n) is 8.91. The van der Waals surface area contributed by atoms with Crippen LogP contribution in [-0.4, -0.2) is 44.8 Å². The van der Waals surface area contributed by atoms with Crippen LogP contribution in [0.4, 0.5) is 0 Å². The maximum absolute atomic E-state index is 12.3. The predicted octanol–water partition coefficient (Wildman–Crippen LogP) is 3.37. The van der Waals surface area contributed by atoms with Gasteiger partial charge in [0, 0.05) is 42.7 Å². The minimum absolute atomic E-state index is 0.0147. The third kappa shape index (κ3) is 3.94. The Balaban J connectivity index is 1.27. The number of ketones is 1. The van der Waals surface area contributed by atoms with Gasteiger partial charge >= 0.3 is 0 Å². The molecule has 1 saturated heterocycles. The van der Waals surface area contributed by atoms with Gasteiger partial charge < -0.3 is 9.42 Å². The number of likely N-dealkylation sites (tertiary alicyclic amines) is 1. The van der Waals surface area contributed by atoms with E-state index < -0.39 is 0 Å². The lowest BCUT2D eigenvalue weighted by atomic mass is 9.98. The van der Waals surface area contributed by atoms with E-state index in [0.29, 0.717) is 41.1 Å². The molecule has 0 aliphatic carbocycles. The van der Waals surface area contributed by atoms with Gasteiger partial charge in [0.15, 0.2) is 5.78 Å². The lowest BCUT2D eigenvalue weighted by Crippen LogP contribution is -2.48. The first kappa shape index (κ1) is 18.3. The average Bonchev–Trinajstić information content (AvgIpc) is 3.16. The number of aromatic nitrogens is 3. The van der Waals surface area contributed by atoms with Gasteiger partial charge in [-0.3, -0.25) is 14.6 Å². The van der Waals surface area contributed by atoms with Crippen molar-refractivity contribution in [1.82, 2.24) is 20.0 Å². The minimum Gasteiger partial charge on any atom is -0.341 e. The zero-order chi connectivity index (χ0) is 19.5. The van der Waals surface area contributed by atoms with E-state index in [9.17, 15) is 9.59 Å². The van der Waals surface area contributed by atoms with Crippen molar-refractivity contribution in [1.29, 1.82) is 0 Å². The van der Waals surface area contributed by atoms with Crippen molar-refractivity contribution in [2.45, 2.75) is 18.8 Å². The summed E-state index contributed by atoms with van der Waals surface area (Å²) in [5.41, 5.74) is 1.21. The van der Waals surface area contributed by atoms with Crippen LogP contribution in [0.1, 0.15) is 35.0 Å². The van der Waals surface area contributed by atoms with E-state index in [4.69, 9.17) is 16.1 Å². The maximum atomic E-state index is 12.3. The zero-order valence-corrected chi connectivity index (χ0v) is 15.7. The van der Waals surface area contributed by atoms with Gasteiger partial charge in [-0.1, -0.05) is 22.8 Å². The Hall–Kier alpha value is -3.06. The van der Waals surface area contributed by atoms with Crippen LogP contribution in [0.2, 0.25) is 5.02 Å². The van der Waals surface area contributed by atoms with Crippen molar-refractivity contribution < 1.29 is 14.1 Å². The van der Waals surface area contributed by atoms with Crippen LogP contribution >= 0.6 is 11.6 Å². The molecule has 1 fully saturated rings. The van der Waals surface area contributed by atoms with Crippen molar-refractivity contribution in [3.63, 3.8) is 0 Å². The summed E-state index contributed by atoms with van der Waals surface area (Å²) in [7, 11) is 0. The summed E-state index contributed by atoms with van der Waals surface area (Å²) in [5, 5.41) is 4.53. The summed E-state index contributed by atoms with van der Waals surface area (Å²) < 4.78 is 5.31. The Morgan fingerprint density at radius 3 is 2.61 bits per heavy atom. The van der Waals surface area contributed by atoms with E-state index >= 15 is 0 Å². The number of hydrogen-bond acceptors (Lipinski definition) is 6. The molecule has 8 heteroatoms. The van der Waals surface area contributed by atoms with Crippen molar-refractivity contribution in [3.8, 4) is 11.5 Å². The molecular formula is C20H17ClN4O3. The van der Waals surface area contributed by atoms with E-state index in [1.54, 1.807) is 35.4 Å². The second-order valence-corrected chi connectivity index (χ2v) is 7.03. The molecule has 4 rings (SSSR count). The topological polar surface area (TPSA) is 89.2 Å². The fourth-order valence-corrected chi connectivity index (χ4v) is 3.12. The lowest BCUT2D eigenvalue weighted by Gasteiger charge is -2.37. The van der Waals surface area contributed by atoms with E-state index in [-0.39, 0.29) is 30.4 Å². The molecule has 142 valence electrons. The normalized spacial score (nSPS) is 14.0. The molecular weight excluding hydrogens is 380 g/mol. The van der Waals surface area contributed by atoms with Gasteiger partial charge in [0.2, 0.25) is 17.6 Å². The summed E-state index contributed by atoms with van der Waals surface area (Å²) in [6.45, 7) is 1.02. The zero-order valence-electron chi connectivity index (χ0n) is 14.9. The van der Waals surface area contributed by atoms with Gasteiger partial charge in [0.1, 0.15) is 5.69 Å². The number of rotatable bonds is 6. The second kappa shape index (κ2) is 7.90. The molecule has 0 radical (unpaired) electrons. The SMILES string of the molecule is O=C(CCC(=O)N1CC(c2nc(-c3ccccn3)no2)C1)c1ccc(Cl)cc1. The minimum atomic E-state index is -0.0704. The number of carbonyl (C=O) groups excluding carboxylic acids is 2. The van der Waals surface area contributed by atoms with Crippen LogP contribution in [0.25, 0.3) is 11.5 Å². The molecule has 2 aromatic heterocycles. The summed E-state index contributed by atoms with van der Waals surface area (Å²) in [4.78, 5) is 34.7. The highest BCUT2D eigenvalue weighted by Crippen LogP contribution is 2.28. The summed E-state index contributed by atoms with van der Waals surface area (Å²) in [6.07, 6.45) is 2.02. The maximum Gasteiger partial charge on any atom is 0.233 e. The first-order valence-corrected chi connectivity index (χ1v) is 9.29. The molecule has 0 atom stereocenters. The van der Waals surface area contributed by atoms with Gasteiger partial charge in [-0.25, -0.2) is 0 Å². The van der Waals surface area contributed by atoms with E-state index in [2.05, 4.69) is 15.1 Å². The molecule has 1 aliphatic rings. The Bertz CT molecular complexity index is 982. The molecule has 3 aromatic rings. The molecule has 0 unspecified atom stereocenters. The summed E-state index contributed by atoms with van der Waals surface area (Å²) in [5.74, 6) is 0.832. The first-order chi connectivity index (χ1) is 13.6. The van der Waals surface area contributed by atoms with Gasteiger partial charge in [0.25, 0.3) is 0 Å². The van der Waals surface area contributed by atoms with Gasteiger partial charge in [-0.05, 0) is 36.4 Å². The Labute approximate surface area is 166 Å². The molecule has 1 amide bonds. The quantitative estimate of drug-likeness (QED) is 0.593. The lowest BCUT2D eigenvalue weighted by molar-refractivity contribution is -0.135. The summed E-state index contributed by atoms with van der Waals surface area (Å²) >= 11 is 5.82. The highest BCUT2D eigenvalue weighted by molar-refractivity contribution is 6.30. The standard InChI is InChI=1S/C20H17ClN4O3/c21-15-6-4-13(5-7-15)17(26)8-9-18(27)25-11-14(12-25)20-23-19(24-28-20)16-3-1-2-10-22-16/h1-7,10,14H,8-9,11-12H2. The number of Topliss-reactive ketones (excluding diaryl/α,β-unsaturated/α-hetero) is 1. The number of benzene rings is 1. The van der Waals surface area contributed by atoms with Crippen LogP contribution < -0.4 is 0 Å². The number of hydrogen-bond donors (Lipinski definition) is 0. The van der Waals surface area contributed by atoms with Crippen molar-refractivity contribution in [3.05, 3.63) is 65.1 Å². The van der Waals surface area contributed by atoms with E-state index in [1.807, 2.05) is 18.2 Å². The smallest absolute Gasteiger partial charge is 0.233 e. The number of pyridine rings is 1. The molecule has 7 nitrogen and oxygen atoms in total. The highest BCUT2D eigenvalue weighted by atomic mass is 35.5. The monoisotopic (exact) mass is 396 g/mol. The highest BCUT2D eigenvalue weighted by Gasteiger charge is 2.35. The Morgan fingerprint density at radius 1 is 1.11 bits per heavy atom.